The van der Waals surface area contributed by atoms with Gasteiger partial charge in [0.1, 0.15) is 5.82 Å². The van der Waals surface area contributed by atoms with Gasteiger partial charge in [-0.15, -0.1) is 0 Å². The van der Waals surface area contributed by atoms with E-state index < -0.39 is 0 Å². The van der Waals surface area contributed by atoms with E-state index in [0.29, 0.717) is 24.2 Å². The lowest BCUT2D eigenvalue weighted by atomic mass is 9.93. The molecule has 1 saturated heterocycles. The summed E-state index contributed by atoms with van der Waals surface area (Å²) in [6.45, 7) is 9.44. The largest absolute Gasteiger partial charge is 0.343 e. The van der Waals surface area contributed by atoms with E-state index in [1.165, 1.54) is 5.82 Å². The highest BCUT2D eigenvalue weighted by molar-refractivity contribution is 5.76. The van der Waals surface area contributed by atoms with Crippen LogP contribution < -0.4 is 0 Å². The van der Waals surface area contributed by atoms with Crippen molar-refractivity contribution in [2.45, 2.75) is 59.4 Å². The Hall–Kier alpha value is -1.32. The maximum Gasteiger partial charge on any atom is 0.222 e. The van der Waals surface area contributed by atoms with Crippen LogP contribution >= 0.6 is 0 Å². The molecule has 0 aliphatic carbocycles. The average molecular weight is 291 g/mol. The lowest BCUT2D eigenvalue weighted by Crippen LogP contribution is -2.38. The van der Waals surface area contributed by atoms with Gasteiger partial charge in [0.25, 0.3) is 0 Å². The monoisotopic (exact) mass is 291 g/mol. The lowest BCUT2D eigenvalue weighted by Gasteiger charge is -2.32. The fraction of sp³-hybridized carbons (Fsp3) is 0.765. The highest BCUT2D eigenvalue weighted by Gasteiger charge is 2.23. The van der Waals surface area contributed by atoms with E-state index in [1.807, 2.05) is 11.1 Å². The standard InChI is InChI=1S/C17H29N3O/c1-4-5-17(21)19-9-6-15(7-10-19)12-16-18-8-11-20(16)13-14(2)3/h8,11,14-15H,4-7,9-10,12-13H2,1-3H3. The molecular weight excluding hydrogens is 262 g/mol. The maximum absolute atomic E-state index is 11.9. The molecule has 4 heteroatoms. The first-order valence-corrected chi connectivity index (χ1v) is 8.38. The van der Waals surface area contributed by atoms with Gasteiger partial charge in [0.15, 0.2) is 0 Å². The fourth-order valence-corrected chi connectivity index (χ4v) is 3.11. The zero-order valence-corrected chi connectivity index (χ0v) is 13.7. The second-order valence-corrected chi connectivity index (χ2v) is 6.67. The summed E-state index contributed by atoms with van der Waals surface area (Å²) in [6, 6.07) is 0. The molecule has 0 aromatic carbocycles. The Morgan fingerprint density at radius 3 is 2.71 bits per heavy atom. The molecule has 1 fully saturated rings. The minimum atomic E-state index is 0.331. The van der Waals surface area contributed by atoms with Crippen LogP contribution in [0.2, 0.25) is 0 Å². The number of imidazole rings is 1. The molecule has 0 atom stereocenters. The van der Waals surface area contributed by atoms with Crippen molar-refractivity contribution < 1.29 is 4.79 Å². The quantitative estimate of drug-likeness (QED) is 0.807. The van der Waals surface area contributed by atoms with Gasteiger partial charge in [-0.1, -0.05) is 20.8 Å². The van der Waals surface area contributed by atoms with Crippen molar-refractivity contribution in [2.24, 2.45) is 11.8 Å². The summed E-state index contributed by atoms with van der Waals surface area (Å²) in [5.41, 5.74) is 0. The van der Waals surface area contributed by atoms with E-state index in [1.54, 1.807) is 0 Å². The zero-order chi connectivity index (χ0) is 15.2. The summed E-state index contributed by atoms with van der Waals surface area (Å²) in [6.07, 6.45) is 8.94. The molecule has 118 valence electrons. The highest BCUT2D eigenvalue weighted by atomic mass is 16.2. The molecular formula is C17H29N3O. The summed E-state index contributed by atoms with van der Waals surface area (Å²) in [5, 5.41) is 0. The smallest absolute Gasteiger partial charge is 0.222 e. The number of amides is 1. The minimum Gasteiger partial charge on any atom is -0.343 e. The summed E-state index contributed by atoms with van der Waals surface area (Å²) in [5.74, 6) is 2.86. The average Bonchev–Trinajstić information content (AvgIpc) is 2.86. The third-order valence-corrected chi connectivity index (χ3v) is 4.27. The Bertz CT molecular complexity index is 445. The van der Waals surface area contributed by atoms with Gasteiger partial charge < -0.3 is 9.47 Å². The third kappa shape index (κ3) is 4.58. The number of carbonyl (C=O) groups is 1. The van der Waals surface area contributed by atoms with Crippen molar-refractivity contribution in [3.8, 4) is 0 Å². The van der Waals surface area contributed by atoms with Crippen LogP contribution in [0, 0.1) is 11.8 Å². The molecule has 0 spiro atoms. The maximum atomic E-state index is 11.9. The van der Waals surface area contributed by atoms with Crippen LogP contribution in [0.5, 0.6) is 0 Å². The first-order valence-electron chi connectivity index (χ1n) is 8.38. The van der Waals surface area contributed by atoms with Crippen molar-refractivity contribution in [2.75, 3.05) is 13.1 Å². The SMILES string of the molecule is CCCC(=O)N1CCC(Cc2nccn2CC(C)C)CC1. The molecule has 0 saturated carbocycles. The van der Waals surface area contributed by atoms with Gasteiger partial charge in [0, 0.05) is 44.9 Å². The van der Waals surface area contributed by atoms with Gasteiger partial charge >= 0.3 is 0 Å². The van der Waals surface area contributed by atoms with Gasteiger partial charge in [0.2, 0.25) is 5.91 Å². The Kier molecular flexibility index (Phi) is 5.83. The minimum absolute atomic E-state index is 0.331. The Labute approximate surface area is 128 Å². The number of carbonyl (C=O) groups excluding carboxylic acids is 1. The number of hydrogen-bond acceptors (Lipinski definition) is 2. The van der Waals surface area contributed by atoms with Gasteiger partial charge in [-0.25, -0.2) is 4.98 Å². The van der Waals surface area contributed by atoms with E-state index >= 15 is 0 Å². The van der Waals surface area contributed by atoms with Gasteiger partial charge in [-0.3, -0.25) is 4.79 Å². The molecule has 2 heterocycles. The Morgan fingerprint density at radius 1 is 1.38 bits per heavy atom. The van der Waals surface area contributed by atoms with E-state index in [9.17, 15) is 4.79 Å². The van der Waals surface area contributed by atoms with Crippen LogP contribution in [0.3, 0.4) is 0 Å². The Morgan fingerprint density at radius 2 is 2.10 bits per heavy atom. The van der Waals surface area contributed by atoms with Crippen LogP contribution in [-0.4, -0.2) is 33.4 Å². The molecule has 1 aromatic heterocycles. The Balaban J connectivity index is 1.83. The summed E-state index contributed by atoms with van der Waals surface area (Å²) < 4.78 is 2.29. The molecule has 0 bridgehead atoms. The van der Waals surface area contributed by atoms with E-state index in [0.717, 1.165) is 45.3 Å². The fourth-order valence-electron chi connectivity index (χ4n) is 3.11. The van der Waals surface area contributed by atoms with E-state index in [-0.39, 0.29) is 0 Å². The van der Waals surface area contributed by atoms with E-state index in [4.69, 9.17) is 0 Å². The van der Waals surface area contributed by atoms with Crippen molar-refractivity contribution in [1.29, 1.82) is 0 Å². The molecule has 0 unspecified atom stereocenters. The van der Waals surface area contributed by atoms with Crippen LogP contribution in [0.15, 0.2) is 12.4 Å². The predicted octanol–water partition coefficient (Wildman–Crippen LogP) is 3.12. The zero-order valence-electron chi connectivity index (χ0n) is 13.7. The predicted molar refractivity (Wildman–Crippen MR) is 85.0 cm³/mol. The van der Waals surface area contributed by atoms with Crippen molar-refractivity contribution in [3.05, 3.63) is 18.2 Å². The number of hydrogen-bond donors (Lipinski definition) is 0. The number of nitrogens with zero attached hydrogens (tertiary/aromatic N) is 3. The molecule has 1 aliphatic heterocycles. The molecule has 1 amide bonds. The molecule has 0 radical (unpaired) electrons. The highest BCUT2D eigenvalue weighted by Crippen LogP contribution is 2.22. The lowest BCUT2D eigenvalue weighted by molar-refractivity contribution is -0.132. The van der Waals surface area contributed by atoms with Crippen molar-refractivity contribution in [3.63, 3.8) is 0 Å². The number of piperidine rings is 1. The number of likely N-dealkylation sites (tertiary alicyclic amines) is 1. The summed E-state index contributed by atoms with van der Waals surface area (Å²) in [4.78, 5) is 18.5. The first-order chi connectivity index (χ1) is 10.1. The number of aromatic nitrogens is 2. The second-order valence-electron chi connectivity index (χ2n) is 6.67. The summed E-state index contributed by atoms with van der Waals surface area (Å²) in [7, 11) is 0. The van der Waals surface area contributed by atoms with Crippen LogP contribution in [-0.2, 0) is 17.8 Å². The summed E-state index contributed by atoms with van der Waals surface area (Å²) >= 11 is 0. The second kappa shape index (κ2) is 7.62. The molecule has 1 aromatic rings. The third-order valence-electron chi connectivity index (χ3n) is 4.27. The van der Waals surface area contributed by atoms with E-state index in [2.05, 4.69) is 36.5 Å². The van der Waals surface area contributed by atoms with Crippen LogP contribution in [0.1, 0.15) is 52.3 Å². The number of rotatable bonds is 6. The molecule has 1 aliphatic rings. The van der Waals surface area contributed by atoms with Gasteiger partial charge in [0.05, 0.1) is 0 Å². The van der Waals surface area contributed by atoms with Crippen molar-refractivity contribution >= 4 is 5.91 Å². The van der Waals surface area contributed by atoms with Crippen LogP contribution in [0.25, 0.3) is 0 Å². The first kappa shape index (κ1) is 16.1. The molecule has 0 N–H and O–H groups in total. The van der Waals surface area contributed by atoms with Gasteiger partial charge in [-0.05, 0) is 31.1 Å². The molecule has 21 heavy (non-hydrogen) atoms. The topological polar surface area (TPSA) is 38.1 Å². The van der Waals surface area contributed by atoms with Gasteiger partial charge in [-0.2, -0.15) is 0 Å². The molecule has 4 nitrogen and oxygen atoms in total. The normalized spacial score (nSPS) is 16.7. The van der Waals surface area contributed by atoms with Crippen molar-refractivity contribution in [1.82, 2.24) is 14.5 Å². The van der Waals surface area contributed by atoms with Crippen LogP contribution in [0.4, 0.5) is 0 Å². The molecule has 2 rings (SSSR count).